The van der Waals surface area contributed by atoms with Gasteiger partial charge in [-0.05, 0) is 48.7 Å². The van der Waals surface area contributed by atoms with Gasteiger partial charge in [0.2, 0.25) is 5.91 Å². The molecule has 0 aliphatic heterocycles. The molecule has 200 valence electrons. The Hall–Kier alpha value is -4.86. The highest BCUT2D eigenvalue weighted by atomic mass is 16.5. The van der Waals surface area contributed by atoms with Gasteiger partial charge < -0.3 is 20.1 Å². The number of ether oxygens (including phenoxy) is 2. The maximum Gasteiger partial charge on any atom is 0.332 e. The number of hydrogen-bond donors (Lipinski definition) is 2. The van der Waals surface area contributed by atoms with Gasteiger partial charge in [-0.3, -0.25) is 23.5 Å². The van der Waals surface area contributed by atoms with E-state index in [0.717, 1.165) is 17.4 Å². The van der Waals surface area contributed by atoms with Crippen LogP contribution in [0.15, 0.2) is 76.3 Å². The van der Waals surface area contributed by atoms with Crippen LogP contribution in [-0.4, -0.2) is 41.2 Å². The average molecular weight is 529 g/mol. The van der Waals surface area contributed by atoms with Gasteiger partial charge in [-0.2, -0.15) is 0 Å². The molecule has 0 bridgehead atoms. The van der Waals surface area contributed by atoms with Gasteiger partial charge in [0.05, 0.1) is 31.7 Å². The lowest BCUT2D eigenvalue weighted by atomic mass is 10.1. The Morgan fingerprint density at radius 2 is 1.56 bits per heavy atom. The molecule has 2 N–H and O–H groups in total. The molecule has 4 aromatic rings. The summed E-state index contributed by atoms with van der Waals surface area (Å²) in [5.41, 5.74) is 0.790. The van der Waals surface area contributed by atoms with E-state index in [1.54, 1.807) is 48.5 Å². The molecular weight excluding hydrogens is 500 g/mol. The van der Waals surface area contributed by atoms with E-state index in [0.29, 0.717) is 28.3 Å². The zero-order chi connectivity index (χ0) is 27.5. The van der Waals surface area contributed by atoms with Crippen LogP contribution in [0.3, 0.4) is 0 Å². The minimum absolute atomic E-state index is 0.0488. The zero-order valence-corrected chi connectivity index (χ0v) is 21.6. The predicted molar refractivity (Wildman–Crippen MR) is 147 cm³/mol. The summed E-state index contributed by atoms with van der Waals surface area (Å²) >= 11 is 0. The number of amides is 2. The topological polar surface area (TPSA) is 121 Å². The fourth-order valence-electron chi connectivity index (χ4n) is 4.34. The van der Waals surface area contributed by atoms with Gasteiger partial charge in [-0.25, -0.2) is 4.79 Å². The number of anilines is 1. The molecule has 1 heterocycles. The van der Waals surface area contributed by atoms with Crippen molar-refractivity contribution in [2.24, 2.45) is 0 Å². The van der Waals surface area contributed by atoms with Crippen molar-refractivity contribution in [2.75, 3.05) is 19.5 Å². The number of hydrogen-bond acceptors (Lipinski definition) is 6. The summed E-state index contributed by atoms with van der Waals surface area (Å²) in [5, 5.41) is 5.90. The molecule has 5 rings (SSSR count). The maximum atomic E-state index is 13.7. The summed E-state index contributed by atoms with van der Waals surface area (Å²) in [4.78, 5) is 52.5. The molecule has 3 aromatic carbocycles. The van der Waals surface area contributed by atoms with E-state index in [4.69, 9.17) is 9.47 Å². The predicted octanol–water partition coefficient (Wildman–Crippen LogP) is 2.76. The summed E-state index contributed by atoms with van der Waals surface area (Å²) in [7, 11) is 2.90. The molecule has 1 aliphatic carbocycles. The van der Waals surface area contributed by atoms with E-state index in [2.05, 4.69) is 10.6 Å². The first-order valence-electron chi connectivity index (χ1n) is 12.5. The number of para-hydroxylation sites is 1. The van der Waals surface area contributed by atoms with E-state index >= 15 is 0 Å². The first kappa shape index (κ1) is 25.8. The van der Waals surface area contributed by atoms with Gasteiger partial charge in [0, 0.05) is 23.4 Å². The zero-order valence-electron chi connectivity index (χ0n) is 21.6. The van der Waals surface area contributed by atoms with Crippen molar-refractivity contribution in [2.45, 2.75) is 32.0 Å². The number of nitrogens with zero attached hydrogens (tertiary/aromatic N) is 2. The molecule has 10 nitrogen and oxygen atoms in total. The van der Waals surface area contributed by atoms with Crippen LogP contribution in [-0.2, 0) is 17.9 Å². The largest absolute Gasteiger partial charge is 0.493 e. The molecule has 1 aliphatic rings. The van der Waals surface area contributed by atoms with Crippen LogP contribution in [0.25, 0.3) is 10.9 Å². The molecule has 0 spiro atoms. The first-order chi connectivity index (χ1) is 18.9. The molecular formula is C29H28N4O6. The number of methoxy groups -OCH3 is 2. The molecule has 0 saturated heterocycles. The summed E-state index contributed by atoms with van der Waals surface area (Å²) in [6.07, 6.45) is 1.97. The smallest absolute Gasteiger partial charge is 0.332 e. The van der Waals surface area contributed by atoms with E-state index in [1.807, 2.05) is 6.07 Å². The number of fused-ring (bicyclic) bond motifs is 1. The third-order valence-corrected chi connectivity index (χ3v) is 6.56. The third kappa shape index (κ3) is 5.54. The van der Waals surface area contributed by atoms with Gasteiger partial charge in [0.25, 0.3) is 11.5 Å². The highest BCUT2D eigenvalue weighted by Gasteiger charge is 2.24. The van der Waals surface area contributed by atoms with E-state index in [1.165, 1.54) is 30.9 Å². The Labute approximate surface area is 223 Å². The normalized spacial score (nSPS) is 12.7. The second kappa shape index (κ2) is 10.9. The van der Waals surface area contributed by atoms with Crippen LogP contribution in [0.2, 0.25) is 0 Å². The minimum Gasteiger partial charge on any atom is -0.493 e. The Kier molecular flexibility index (Phi) is 7.18. The van der Waals surface area contributed by atoms with Crippen molar-refractivity contribution in [3.63, 3.8) is 0 Å². The van der Waals surface area contributed by atoms with E-state index in [-0.39, 0.29) is 35.9 Å². The number of carbonyl (C=O) groups excluding carboxylic acids is 2. The lowest BCUT2D eigenvalue weighted by Gasteiger charge is -2.16. The Balaban J connectivity index is 1.54. The number of carbonyl (C=O) groups is 2. The van der Waals surface area contributed by atoms with Crippen molar-refractivity contribution < 1.29 is 19.1 Å². The monoisotopic (exact) mass is 528 g/mol. The number of benzene rings is 3. The molecule has 0 radical (unpaired) electrons. The van der Waals surface area contributed by atoms with Crippen LogP contribution in [0.5, 0.6) is 11.5 Å². The minimum atomic E-state index is -0.654. The van der Waals surface area contributed by atoms with Crippen molar-refractivity contribution >= 4 is 28.4 Å². The Morgan fingerprint density at radius 1 is 0.897 bits per heavy atom. The van der Waals surface area contributed by atoms with Gasteiger partial charge in [0.1, 0.15) is 6.54 Å². The summed E-state index contributed by atoms with van der Waals surface area (Å²) < 4.78 is 13.1. The standard InChI is InChI=1S/C29H28N4O6/c1-38-24-14-22-23(15-25(24)39-2)32(17-26(34)30-20-6-4-3-5-7-20)29(37)33(28(22)36)16-18-8-10-19(11-9-18)27(35)31-21-12-13-21/h3-11,14-15,21H,12-13,16-17H2,1-2H3,(H,30,34)(H,31,35). The Bertz CT molecular complexity index is 1650. The van der Waals surface area contributed by atoms with Crippen LogP contribution in [0, 0.1) is 0 Å². The molecule has 39 heavy (non-hydrogen) atoms. The number of nitrogens with one attached hydrogen (secondary N) is 2. The first-order valence-corrected chi connectivity index (χ1v) is 12.5. The van der Waals surface area contributed by atoms with Crippen LogP contribution in [0.4, 0.5) is 5.69 Å². The molecule has 1 saturated carbocycles. The third-order valence-electron chi connectivity index (χ3n) is 6.56. The second-order valence-corrected chi connectivity index (χ2v) is 9.34. The van der Waals surface area contributed by atoms with Crippen molar-refractivity contribution in [3.05, 3.63) is 98.7 Å². The lowest BCUT2D eigenvalue weighted by Crippen LogP contribution is -2.42. The van der Waals surface area contributed by atoms with Gasteiger partial charge in [-0.1, -0.05) is 30.3 Å². The van der Waals surface area contributed by atoms with Gasteiger partial charge in [0.15, 0.2) is 11.5 Å². The summed E-state index contributed by atoms with van der Waals surface area (Å²) in [6, 6.07) is 18.9. The van der Waals surface area contributed by atoms with Gasteiger partial charge in [-0.15, -0.1) is 0 Å². The second-order valence-electron chi connectivity index (χ2n) is 9.34. The van der Waals surface area contributed by atoms with Crippen LogP contribution < -0.4 is 31.4 Å². The number of aromatic nitrogens is 2. The van der Waals surface area contributed by atoms with Crippen LogP contribution >= 0.6 is 0 Å². The van der Waals surface area contributed by atoms with E-state index < -0.39 is 17.2 Å². The van der Waals surface area contributed by atoms with E-state index in [9.17, 15) is 19.2 Å². The fourth-order valence-corrected chi connectivity index (χ4v) is 4.34. The highest BCUT2D eigenvalue weighted by Crippen LogP contribution is 2.30. The molecule has 0 unspecified atom stereocenters. The molecule has 0 atom stereocenters. The maximum absolute atomic E-state index is 13.7. The van der Waals surface area contributed by atoms with Crippen molar-refractivity contribution in [1.82, 2.24) is 14.5 Å². The quantitative estimate of drug-likeness (QED) is 0.345. The lowest BCUT2D eigenvalue weighted by molar-refractivity contribution is -0.116. The molecule has 1 aromatic heterocycles. The average Bonchev–Trinajstić information content (AvgIpc) is 3.77. The summed E-state index contributed by atoms with van der Waals surface area (Å²) in [6.45, 7) is -0.382. The number of rotatable bonds is 9. The molecule has 1 fully saturated rings. The van der Waals surface area contributed by atoms with Crippen molar-refractivity contribution in [3.8, 4) is 11.5 Å². The fraction of sp³-hybridized carbons (Fsp3) is 0.241. The van der Waals surface area contributed by atoms with Gasteiger partial charge >= 0.3 is 5.69 Å². The summed E-state index contributed by atoms with van der Waals surface area (Å²) in [5.74, 6) is 0.0489. The highest BCUT2D eigenvalue weighted by molar-refractivity contribution is 5.94. The SMILES string of the molecule is COc1cc2c(=O)n(Cc3ccc(C(=O)NC4CC4)cc3)c(=O)n(CC(=O)Nc3ccccc3)c2cc1OC. The molecule has 10 heteroatoms. The van der Waals surface area contributed by atoms with Crippen LogP contribution in [0.1, 0.15) is 28.8 Å². The molecule has 2 amide bonds. The van der Waals surface area contributed by atoms with Crippen molar-refractivity contribution in [1.29, 1.82) is 0 Å². The Morgan fingerprint density at radius 3 is 2.21 bits per heavy atom.